The standard InChI is InChI=1S/C16H17F3N4O/c1-22-10-20-21-14(22)12-3-2-8-23(9-12)15(24)11-4-6-13(7-5-11)16(17,18)19/h4-7,10,12H,2-3,8-9H2,1H3/t12-/m1/s1. The summed E-state index contributed by atoms with van der Waals surface area (Å²) in [4.78, 5) is 14.2. The van der Waals surface area contributed by atoms with E-state index in [9.17, 15) is 18.0 Å². The normalized spacial score (nSPS) is 18.7. The summed E-state index contributed by atoms with van der Waals surface area (Å²) in [6.07, 6.45) is -1.05. The molecule has 1 aliphatic rings. The van der Waals surface area contributed by atoms with Crippen molar-refractivity contribution < 1.29 is 18.0 Å². The molecular weight excluding hydrogens is 321 g/mol. The first-order chi connectivity index (χ1) is 11.4. The highest BCUT2D eigenvalue weighted by molar-refractivity contribution is 5.94. The summed E-state index contributed by atoms with van der Waals surface area (Å²) < 4.78 is 39.7. The van der Waals surface area contributed by atoms with Crippen molar-refractivity contribution in [3.05, 3.63) is 47.5 Å². The second-order valence-electron chi connectivity index (χ2n) is 5.97. The molecule has 1 saturated heterocycles. The van der Waals surface area contributed by atoms with E-state index in [-0.39, 0.29) is 17.4 Å². The number of piperidine rings is 1. The average molecular weight is 338 g/mol. The second-order valence-corrected chi connectivity index (χ2v) is 5.97. The van der Waals surface area contributed by atoms with Crippen molar-refractivity contribution >= 4 is 5.91 Å². The van der Waals surface area contributed by atoms with Crippen molar-refractivity contribution in [2.24, 2.45) is 7.05 Å². The number of benzene rings is 1. The first kappa shape index (κ1) is 16.5. The van der Waals surface area contributed by atoms with Crippen LogP contribution in [0.3, 0.4) is 0 Å². The number of hydrogen-bond acceptors (Lipinski definition) is 3. The Morgan fingerprint density at radius 1 is 1.25 bits per heavy atom. The SMILES string of the molecule is Cn1cnnc1[C@@H]1CCCN(C(=O)c2ccc(C(F)(F)F)cc2)C1. The Morgan fingerprint density at radius 3 is 2.54 bits per heavy atom. The van der Waals surface area contributed by atoms with Crippen LogP contribution in [-0.4, -0.2) is 38.7 Å². The van der Waals surface area contributed by atoms with Gasteiger partial charge in [0.15, 0.2) is 0 Å². The van der Waals surface area contributed by atoms with E-state index in [0.29, 0.717) is 13.1 Å². The monoisotopic (exact) mass is 338 g/mol. The quantitative estimate of drug-likeness (QED) is 0.846. The maximum absolute atomic E-state index is 12.6. The van der Waals surface area contributed by atoms with Crippen LogP contribution in [0.5, 0.6) is 0 Å². The summed E-state index contributed by atoms with van der Waals surface area (Å²) in [5.74, 6) is 0.653. The largest absolute Gasteiger partial charge is 0.416 e. The van der Waals surface area contributed by atoms with Crippen molar-refractivity contribution in [1.29, 1.82) is 0 Å². The Morgan fingerprint density at radius 2 is 1.96 bits per heavy atom. The third-order valence-corrected chi connectivity index (χ3v) is 4.28. The maximum atomic E-state index is 12.6. The van der Waals surface area contributed by atoms with Crippen LogP contribution >= 0.6 is 0 Å². The van der Waals surface area contributed by atoms with E-state index >= 15 is 0 Å². The zero-order valence-electron chi connectivity index (χ0n) is 13.1. The summed E-state index contributed by atoms with van der Waals surface area (Å²) in [6, 6.07) is 4.35. The minimum atomic E-state index is -4.40. The Hall–Kier alpha value is -2.38. The molecule has 0 unspecified atom stereocenters. The molecule has 128 valence electrons. The Balaban J connectivity index is 1.74. The number of aromatic nitrogens is 3. The number of likely N-dealkylation sites (tertiary alicyclic amines) is 1. The van der Waals surface area contributed by atoms with Crippen LogP contribution in [0, 0.1) is 0 Å². The molecule has 1 fully saturated rings. The maximum Gasteiger partial charge on any atom is 0.416 e. The van der Waals surface area contributed by atoms with Gasteiger partial charge in [-0.05, 0) is 37.1 Å². The van der Waals surface area contributed by atoms with Crippen LogP contribution in [0.2, 0.25) is 0 Å². The van der Waals surface area contributed by atoms with Crippen LogP contribution in [0.1, 0.15) is 40.5 Å². The van der Waals surface area contributed by atoms with Crippen LogP contribution in [0.4, 0.5) is 13.2 Å². The summed E-state index contributed by atoms with van der Waals surface area (Å²) in [6.45, 7) is 1.08. The molecule has 5 nitrogen and oxygen atoms in total. The zero-order chi connectivity index (χ0) is 17.3. The number of carbonyl (C=O) groups excluding carboxylic acids is 1. The van der Waals surface area contributed by atoms with Gasteiger partial charge in [0.2, 0.25) is 0 Å². The van der Waals surface area contributed by atoms with E-state index in [1.807, 2.05) is 11.6 Å². The highest BCUT2D eigenvalue weighted by Crippen LogP contribution is 2.30. The topological polar surface area (TPSA) is 51.0 Å². The van der Waals surface area contributed by atoms with Gasteiger partial charge in [0.05, 0.1) is 5.56 Å². The van der Waals surface area contributed by atoms with Crippen LogP contribution in [-0.2, 0) is 13.2 Å². The van der Waals surface area contributed by atoms with Gasteiger partial charge in [0.25, 0.3) is 5.91 Å². The first-order valence-corrected chi connectivity index (χ1v) is 7.66. The molecule has 1 aliphatic heterocycles. The Labute approximate surface area is 137 Å². The minimum absolute atomic E-state index is 0.0876. The molecule has 0 spiro atoms. The lowest BCUT2D eigenvalue weighted by atomic mass is 9.96. The van der Waals surface area contributed by atoms with Crippen molar-refractivity contribution in [3.8, 4) is 0 Å². The molecule has 0 aliphatic carbocycles. The highest BCUT2D eigenvalue weighted by atomic mass is 19.4. The van der Waals surface area contributed by atoms with Crippen molar-refractivity contribution in [2.45, 2.75) is 24.9 Å². The van der Waals surface area contributed by atoms with Gasteiger partial charge in [-0.2, -0.15) is 13.2 Å². The van der Waals surface area contributed by atoms with Gasteiger partial charge in [0, 0.05) is 31.6 Å². The zero-order valence-corrected chi connectivity index (χ0v) is 13.1. The number of nitrogens with zero attached hydrogens (tertiary/aromatic N) is 4. The number of hydrogen-bond donors (Lipinski definition) is 0. The average Bonchev–Trinajstić information content (AvgIpc) is 3.00. The molecule has 1 aromatic carbocycles. The van der Waals surface area contributed by atoms with Crippen molar-refractivity contribution in [2.75, 3.05) is 13.1 Å². The van der Waals surface area contributed by atoms with Gasteiger partial charge in [-0.3, -0.25) is 4.79 Å². The molecule has 24 heavy (non-hydrogen) atoms. The smallest absolute Gasteiger partial charge is 0.338 e. The molecule has 2 aromatic rings. The summed E-state index contributed by atoms with van der Waals surface area (Å²) in [5, 5.41) is 7.96. The van der Waals surface area contributed by atoms with E-state index in [0.717, 1.165) is 30.8 Å². The summed E-state index contributed by atoms with van der Waals surface area (Å²) in [5.41, 5.74) is -0.490. The fraction of sp³-hybridized carbons (Fsp3) is 0.438. The third-order valence-electron chi connectivity index (χ3n) is 4.28. The van der Waals surface area contributed by atoms with Gasteiger partial charge in [0.1, 0.15) is 12.2 Å². The predicted octanol–water partition coefficient (Wildman–Crippen LogP) is 2.85. The lowest BCUT2D eigenvalue weighted by molar-refractivity contribution is -0.137. The molecular formula is C16H17F3N4O. The third kappa shape index (κ3) is 3.27. The molecule has 0 radical (unpaired) electrons. The molecule has 1 atom stereocenters. The minimum Gasteiger partial charge on any atom is -0.338 e. The fourth-order valence-electron chi connectivity index (χ4n) is 3.02. The van der Waals surface area contributed by atoms with Gasteiger partial charge >= 0.3 is 6.18 Å². The number of amides is 1. The van der Waals surface area contributed by atoms with Crippen molar-refractivity contribution in [1.82, 2.24) is 19.7 Å². The van der Waals surface area contributed by atoms with E-state index in [1.54, 1.807) is 11.2 Å². The van der Waals surface area contributed by atoms with Crippen LogP contribution < -0.4 is 0 Å². The lowest BCUT2D eigenvalue weighted by Gasteiger charge is -2.32. The summed E-state index contributed by atoms with van der Waals surface area (Å²) >= 11 is 0. The number of halogens is 3. The number of rotatable bonds is 2. The van der Waals surface area contributed by atoms with E-state index in [2.05, 4.69) is 10.2 Å². The van der Waals surface area contributed by atoms with E-state index in [1.165, 1.54) is 12.1 Å². The molecule has 0 N–H and O–H groups in total. The number of alkyl halides is 3. The van der Waals surface area contributed by atoms with Gasteiger partial charge < -0.3 is 9.47 Å². The van der Waals surface area contributed by atoms with E-state index in [4.69, 9.17) is 0 Å². The number of aryl methyl sites for hydroxylation is 1. The molecule has 2 heterocycles. The Bertz CT molecular complexity index is 724. The fourth-order valence-corrected chi connectivity index (χ4v) is 3.02. The molecule has 8 heteroatoms. The van der Waals surface area contributed by atoms with Gasteiger partial charge in [-0.1, -0.05) is 0 Å². The lowest BCUT2D eigenvalue weighted by Crippen LogP contribution is -2.39. The van der Waals surface area contributed by atoms with Crippen molar-refractivity contribution in [3.63, 3.8) is 0 Å². The molecule has 1 amide bonds. The molecule has 0 saturated carbocycles. The Kier molecular flexibility index (Phi) is 4.29. The number of carbonyl (C=O) groups is 1. The molecule has 1 aromatic heterocycles. The van der Waals surface area contributed by atoms with Crippen LogP contribution in [0.15, 0.2) is 30.6 Å². The summed E-state index contributed by atoms with van der Waals surface area (Å²) in [7, 11) is 1.85. The van der Waals surface area contributed by atoms with Gasteiger partial charge in [-0.25, -0.2) is 0 Å². The van der Waals surface area contributed by atoms with Crippen LogP contribution in [0.25, 0.3) is 0 Å². The highest BCUT2D eigenvalue weighted by Gasteiger charge is 2.31. The molecule has 3 rings (SSSR count). The predicted molar refractivity (Wildman–Crippen MR) is 80.3 cm³/mol. The van der Waals surface area contributed by atoms with Gasteiger partial charge in [-0.15, -0.1) is 10.2 Å². The second kappa shape index (κ2) is 6.26. The first-order valence-electron chi connectivity index (χ1n) is 7.66. The van der Waals surface area contributed by atoms with E-state index < -0.39 is 11.7 Å². The molecule has 0 bridgehead atoms.